The number of hydrogen-bond acceptors (Lipinski definition) is 3. The molecule has 2 heterocycles. The van der Waals surface area contributed by atoms with Crippen LogP contribution >= 0.6 is 11.6 Å². The Bertz CT molecular complexity index is 876. The van der Waals surface area contributed by atoms with Crippen LogP contribution in [-0.2, 0) is 16.1 Å². The fourth-order valence-corrected chi connectivity index (χ4v) is 4.35. The monoisotopic (exact) mass is 411 g/mol. The van der Waals surface area contributed by atoms with Gasteiger partial charge in [-0.25, -0.2) is 0 Å². The second kappa shape index (κ2) is 8.97. The van der Waals surface area contributed by atoms with Gasteiger partial charge < -0.3 is 10.2 Å². The van der Waals surface area contributed by atoms with Gasteiger partial charge >= 0.3 is 0 Å². The quantitative estimate of drug-likeness (QED) is 0.797. The van der Waals surface area contributed by atoms with Gasteiger partial charge in [-0.1, -0.05) is 23.7 Å². The molecule has 0 spiro atoms. The van der Waals surface area contributed by atoms with Crippen LogP contribution in [0.2, 0.25) is 5.02 Å². The van der Waals surface area contributed by atoms with Crippen molar-refractivity contribution in [1.29, 1.82) is 0 Å². The van der Waals surface area contributed by atoms with Crippen LogP contribution in [0, 0.1) is 5.92 Å². The molecule has 29 heavy (non-hydrogen) atoms. The number of carbonyl (C=O) groups is 2. The molecule has 5 nitrogen and oxygen atoms in total. The van der Waals surface area contributed by atoms with E-state index >= 15 is 0 Å². The normalized spacial score (nSPS) is 18.2. The summed E-state index contributed by atoms with van der Waals surface area (Å²) in [4.78, 5) is 28.7. The highest BCUT2D eigenvalue weighted by Gasteiger charge is 2.25. The van der Waals surface area contributed by atoms with Crippen LogP contribution in [0.3, 0.4) is 0 Å². The Hall–Kier alpha value is -2.37. The van der Waals surface area contributed by atoms with E-state index in [-0.39, 0.29) is 17.7 Å². The Kier molecular flexibility index (Phi) is 6.16. The van der Waals surface area contributed by atoms with Crippen molar-refractivity contribution < 1.29 is 9.59 Å². The van der Waals surface area contributed by atoms with Crippen molar-refractivity contribution >= 4 is 34.8 Å². The van der Waals surface area contributed by atoms with Gasteiger partial charge in [-0.15, -0.1) is 0 Å². The molecule has 1 N–H and O–H groups in total. The minimum Gasteiger partial charge on any atom is -0.326 e. The molecule has 2 fully saturated rings. The number of piperidine rings is 1. The summed E-state index contributed by atoms with van der Waals surface area (Å²) in [5, 5.41) is 3.80. The maximum atomic E-state index is 12.7. The first-order valence-electron chi connectivity index (χ1n) is 10.3. The lowest BCUT2D eigenvalue weighted by Gasteiger charge is -2.31. The topological polar surface area (TPSA) is 52.7 Å². The molecule has 2 aromatic carbocycles. The minimum atomic E-state index is 0.0328. The number of carbonyl (C=O) groups excluding carboxylic acids is 2. The van der Waals surface area contributed by atoms with E-state index in [4.69, 9.17) is 11.6 Å². The molecule has 2 aromatic rings. The van der Waals surface area contributed by atoms with Crippen molar-refractivity contribution in [2.75, 3.05) is 29.9 Å². The summed E-state index contributed by atoms with van der Waals surface area (Å²) in [6.07, 6.45) is 3.24. The molecular formula is C23H26ClN3O2. The van der Waals surface area contributed by atoms with E-state index in [1.807, 2.05) is 42.5 Å². The number of benzene rings is 2. The molecule has 0 radical (unpaired) electrons. The maximum absolute atomic E-state index is 12.7. The molecule has 0 atom stereocenters. The Morgan fingerprint density at radius 2 is 1.83 bits per heavy atom. The van der Waals surface area contributed by atoms with Crippen molar-refractivity contribution in [3.63, 3.8) is 0 Å². The van der Waals surface area contributed by atoms with Crippen LogP contribution in [0.25, 0.3) is 0 Å². The van der Waals surface area contributed by atoms with Crippen molar-refractivity contribution in [2.45, 2.75) is 32.2 Å². The number of hydrogen-bond donors (Lipinski definition) is 1. The first-order chi connectivity index (χ1) is 14.1. The number of nitrogens with zero attached hydrogens (tertiary/aromatic N) is 2. The fraction of sp³-hybridized carbons (Fsp3) is 0.391. The lowest BCUT2D eigenvalue weighted by atomic mass is 9.95. The number of amides is 2. The van der Waals surface area contributed by atoms with Crippen molar-refractivity contribution in [3.05, 3.63) is 59.1 Å². The summed E-state index contributed by atoms with van der Waals surface area (Å²) in [6.45, 7) is 3.45. The van der Waals surface area contributed by atoms with Gasteiger partial charge in [0, 0.05) is 41.8 Å². The summed E-state index contributed by atoms with van der Waals surface area (Å²) in [6, 6.07) is 15.5. The van der Waals surface area contributed by atoms with Gasteiger partial charge in [-0.05, 0) is 74.3 Å². The van der Waals surface area contributed by atoms with E-state index in [1.165, 1.54) is 5.56 Å². The molecule has 4 rings (SSSR count). The van der Waals surface area contributed by atoms with Crippen LogP contribution in [0.4, 0.5) is 11.4 Å². The predicted octanol–water partition coefficient (Wildman–Crippen LogP) is 4.32. The van der Waals surface area contributed by atoms with Crippen LogP contribution in [-0.4, -0.2) is 36.3 Å². The van der Waals surface area contributed by atoms with E-state index in [0.29, 0.717) is 6.42 Å². The SMILES string of the molecule is O=C(Nc1ccc(N2CCCC2=O)cc1)C1CCN(Cc2cccc(Cl)c2)CC1. The Labute approximate surface area is 176 Å². The largest absolute Gasteiger partial charge is 0.326 e. The van der Waals surface area contributed by atoms with Gasteiger partial charge in [0.1, 0.15) is 0 Å². The number of halogens is 1. The zero-order chi connectivity index (χ0) is 20.2. The smallest absolute Gasteiger partial charge is 0.227 e. The first kappa shape index (κ1) is 19.9. The number of nitrogens with one attached hydrogen (secondary N) is 1. The van der Waals surface area contributed by atoms with Crippen LogP contribution in [0.5, 0.6) is 0 Å². The molecule has 0 bridgehead atoms. The van der Waals surface area contributed by atoms with Gasteiger partial charge in [0.25, 0.3) is 0 Å². The van der Waals surface area contributed by atoms with E-state index in [1.54, 1.807) is 4.90 Å². The van der Waals surface area contributed by atoms with E-state index in [2.05, 4.69) is 16.3 Å². The van der Waals surface area contributed by atoms with Crippen LogP contribution in [0.1, 0.15) is 31.2 Å². The third-order valence-electron chi connectivity index (χ3n) is 5.77. The summed E-state index contributed by atoms with van der Waals surface area (Å²) < 4.78 is 0. The molecule has 2 amide bonds. The Morgan fingerprint density at radius 3 is 2.48 bits per heavy atom. The first-order valence-corrected chi connectivity index (χ1v) is 10.6. The standard InChI is InChI=1S/C23H26ClN3O2/c24-19-4-1-3-17(15-19)16-26-13-10-18(11-14-26)23(29)25-20-6-8-21(9-7-20)27-12-2-5-22(27)28/h1,3-4,6-9,15,18H,2,5,10-14,16H2,(H,25,29). The summed E-state index contributed by atoms with van der Waals surface area (Å²) in [5.41, 5.74) is 2.89. The molecule has 0 saturated carbocycles. The van der Waals surface area contributed by atoms with Gasteiger partial charge in [0.05, 0.1) is 0 Å². The highest BCUT2D eigenvalue weighted by molar-refractivity contribution is 6.30. The van der Waals surface area contributed by atoms with Crippen LogP contribution in [0.15, 0.2) is 48.5 Å². The van der Waals surface area contributed by atoms with Gasteiger partial charge in [0.15, 0.2) is 0 Å². The predicted molar refractivity (Wildman–Crippen MR) is 116 cm³/mol. The van der Waals surface area contributed by atoms with Gasteiger partial charge in [0.2, 0.25) is 11.8 Å². The summed E-state index contributed by atoms with van der Waals surface area (Å²) in [5.74, 6) is 0.286. The molecule has 2 aliphatic rings. The lowest BCUT2D eigenvalue weighted by molar-refractivity contribution is -0.121. The summed E-state index contributed by atoms with van der Waals surface area (Å²) in [7, 11) is 0. The average molecular weight is 412 g/mol. The average Bonchev–Trinajstić information content (AvgIpc) is 3.15. The second-order valence-corrected chi connectivity index (χ2v) is 8.30. The molecule has 2 saturated heterocycles. The number of likely N-dealkylation sites (tertiary alicyclic amines) is 1. The highest BCUT2D eigenvalue weighted by atomic mass is 35.5. The van der Waals surface area contributed by atoms with Crippen molar-refractivity contribution in [1.82, 2.24) is 4.90 Å². The molecule has 152 valence electrons. The minimum absolute atomic E-state index is 0.0328. The van der Waals surface area contributed by atoms with E-state index in [0.717, 1.165) is 61.8 Å². The zero-order valence-corrected chi connectivity index (χ0v) is 17.2. The summed E-state index contributed by atoms with van der Waals surface area (Å²) >= 11 is 6.07. The number of anilines is 2. The molecule has 6 heteroatoms. The van der Waals surface area contributed by atoms with E-state index in [9.17, 15) is 9.59 Å². The zero-order valence-electron chi connectivity index (χ0n) is 16.4. The third kappa shape index (κ3) is 4.98. The van der Waals surface area contributed by atoms with Crippen LogP contribution < -0.4 is 10.2 Å². The molecule has 0 unspecified atom stereocenters. The van der Waals surface area contributed by atoms with Gasteiger partial charge in [-0.3, -0.25) is 14.5 Å². The molecule has 2 aliphatic heterocycles. The number of rotatable bonds is 5. The maximum Gasteiger partial charge on any atom is 0.227 e. The molecule has 0 aliphatic carbocycles. The molecule has 0 aromatic heterocycles. The van der Waals surface area contributed by atoms with E-state index < -0.39 is 0 Å². The molecular weight excluding hydrogens is 386 g/mol. The van der Waals surface area contributed by atoms with Crippen molar-refractivity contribution in [2.24, 2.45) is 5.92 Å². The second-order valence-electron chi connectivity index (χ2n) is 7.87. The third-order valence-corrected chi connectivity index (χ3v) is 6.01. The Balaban J connectivity index is 1.27. The Morgan fingerprint density at radius 1 is 1.07 bits per heavy atom. The van der Waals surface area contributed by atoms with Crippen molar-refractivity contribution in [3.8, 4) is 0 Å². The highest BCUT2D eigenvalue weighted by Crippen LogP contribution is 2.25. The fourth-order valence-electron chi connectivity index (χ4n) is 4.14. The van der Waals surface area contributed by atoms with Gasteiger partial charge in [-0.2, -0.15) is 0 Å². The lowest BCUT2D eigenvalue weighted by Crippen LogP contribution is -2.37.